The molecule has 0 spiro atoms. The van der Waals surface area contributed by atoms with Crippen LogP contribution in [0, 0.1) is 17.8 Å². The third-order valence-electron chi connectivity index (χ3n) is 5.64. The summed E-state index contributed by atoms with van der Waals surface area (Å²) in [4.78, 5) is 14.7. The van der Waals surface area contributed by atoms with E-state index in [1.165, 1.54) is 0 Å². The minimum absolute atomic E-state index is 0.0789. The van der Waals surface area contributed by atoms with Crippen molar-refractivity contribution in [3.8, 4) is 0 Å². The van der Waals surface area contributed by atoms with Crippen LogP contribution in [-0.4, -0.2) is 38.3 Å². The maximum Gasteiger partial charge on any atom is 0.245 e. The van der Waals surface area contributed by atoms with Gasteiger partial charge in [0.05, 0.1) is 5.69 Å². The number of hydrogen-bond acceptors (Lipinski definition) is 3. The number of piperidine rings is 1. The molecule has 0 radical (unpaired) electrons. The highest BCUT2D eigenvalue weighted by molar-refractivity contribution is 9.10. The molecule has 0 unspecified atom stereocenters. The second-order valence-electron chi connectivity index (χ2n) is 8.19. The molecule has 142 valence electrons. The second kappa shape index (κ2) is 6.60. The van der Waals surface area contributed by atoms with Crippen molar-refractivity contribution in [2.75, 3.05) is 24.5 Å². The molecule has 26 heavy (non-hydrogen) atoms. The molecular formula is C19H25BrN2O3S. The van der Waals surface area contributed by atoms with Gasteiger partial charge in [0.1, 0.15) is 4.90 Å². The topological polar surface area (TPSA) is 57.7 Å². The lowest BCUT2D eigenvalue weighted by atomic mass is 9.94. The number of rotatable bonds is 3. The lowest BCUT2D eigenvalue weighted by Gasteiger charge is -2.35. The molecule has 2 fully saturated rings. The van der Waals surface area contributed by atoms with Crippen molar-refractivity contribution in [2.24, 2.45) is 17.8 Å². The minimum atomic E-state index is -3.64. The molecule has 0 bridgehead atoms. The summed E-state index contributed by atoms with van der Waals surface area (Å²) in [5, 5.41) is 0. The number of carbonyl (C=O) groups is 1. The Morgan fingerprint density at radius 3 is 2.42 bits per heavy atom. The van der Waals surface area contributed by atoms with Crippen molar-refractivity contribution in [2.45, 2.75) is 44.4 Å². The molecule has 1 aromatic rings. The maximum atomic E-state index is 13.5. The molecule has 0 N–H and O–H groups in total. The van der Waals surface area contributed by atoms with E-state index in [1.54, 1.807) is 15.3 Å². The van der Waals surface area contributed by atoms with Crippen molar-refractivity contribution >= 4 is 37.5 Å². The fourth-order valence-electron chi connectivity index (χ4n) is 4.38. The Labute approximate surface area is 163 Å². The van der Waals surface area contributed by atoms with Gasteiger partial charge in [-0.3, -0.25) is 4.79 Å². The van der Waals surface area contributed by atoms with Crippen molar-refractivity contribution in [1.29, 1.82) is 0 Å². The normalized spacial score (nSPS) is 26.8. The summed E-state index contributed by atoms with van der Waals surface area (Å²) in [6.07, 6.45) is 3.60. The number of sulfonamides is 1. The molecule has 1 saturated heterocycles. The highest BCUT2D eigenvalue weighted by Gasteiger charge is 2.41. The summed E-state index contributed by atoms with van der Waals surface area (Å²) in [5.41, 5.74) is 1.57. The zero-order valence-electron chi connectivity index (χ0n) is 15.2. The van der Waals surface area contributed by atoms with Crippen molar-refractivity contribution in [3.05, 3.63) is 22.2 Å². The number of hydrogen-bond donors (Lipinski definition) is 0. The summed E-state index contributed by atoms with van der Waals surface area (Å²) in [5.74, 6) is 0.855. The summed E-state index contributed by atoms with van der Waals surface area (Å²) in [6.45, 7) is 5.88. The summed E-state index contributed by atoms with van der Waals surface area (Å²) in [6, 6.07) is 3.63. The Kier molecular flexibility index (Phi) is 4.68. The van der Waals surface area contributed by atoms with E-state index in [4.69, 9.17) is 0 Å². The van der Waals surface area contributed by atoms with Crippen LogP contribution in [0.1, 0.15) is 38.7 Å². The first-order chi connectivity index (χ1) is 12.3. The number of amides is 1. The first-order valence-corrected chi connectivity index (χ1v) is 11.6. The van der Waals surface area contributed by atoms with Crippen LogP contribution >= 0.6 is 15.9 Å². The largest absolute Gasteiger partial charge is 0.310 e. The molecule has 7 heteroatoms. The van der Waals surface area contributed by atoms with Gasteiger partial charge in [0.25, 0.3) is 0 Å². The first kappa shape index (κ1) is 18.4. The zero-order chi connectivity index (χ0) is 18.6. The fourth-order valence-corrected chi connectivity index (χ4v) is 6.98. The van der Waals surface area contributed by atoms with Crippen LogP contribution in [-0.2, 0) is 21.2 Å². The lowest BCUT2D eigenvalue weighted by molar-refractivity contribution is -0.119. The number of nitrogens with zero attached hydrogens (tertiary/aromatic N) is 2. The van der Waals surface area contributed by atoms with Crippen molar-refractivity contribution in [1.82, 2.24) is 4.31 Å². The highest BCUT2D eigenvalue weighted by atomic mass is 79.9. The van der Waals surface area contributed by atoms with Gasteiger partial charge in [-0.15, -0.1) is 0 Å². The zero-order valence-corrected chi connectivity index (χ0v) is 17.6. The van der Waals surface area contributed by atoms with Crippen LogP contribution in [0.3, 0.4) is 0 Å². The molecule has 5 nitrogen and oxygen atoms in total. The lowest BCUT2D eigenvalue weighted by Crippen LogP contribution is -2.43. The van der Waals surface area contributed by atoms with Gasteiger partial charge in [0, 0.05) is 30.0 Å². The van der Waals surface area contributed by atoms with E-state index in [0.717, 1.165) is 29.3 Å². The summed E-state index contributed by atoms with van der Waals surface area (Å²) < 4.78 is 29.4. The number of fused-ring (bicyclic) bond motifs is 1. The third kappa shape index (κ3) is 3.22. The number of carbonyl (C=O) groups excluding carboxylic acids is 1. The number of benzene rings is 1. The van der Waals surface area contributed by atoms with E-state index in [1.807, 2.05) is 6.07 Å². The van der Waals surface area contributed by atoms with Crippen LogP contribution in [0.15, 0.2) is 21.5 Å². The van der Waals surface area contributed by atoms with E-state index in [9.17, 15) is 13.2 Å². The Hall–Kier alpha value is -0.920. The van der Waals surface area contributed by atoms with Crippen molar-refractivity contribution in [3.63, 3.8) is 0 Å². The van der Waals surface area contributed by atoms with Crippen LogP contribution in [0.4, 0.5) is 5.69 Å². The number of anilines is 1. The van der Waals surface area contributed by atoms with Gasteiger partial charge in [-0.1, -0.05) is 29.8 Å². The van der Waals surface area contributed by atoms with E-state index < -0.39 is 10.0 Å². The maximum absolute atomic E-state index is 13.5. The minimum Gasteiger partial charge on any atom is -0.310 e. The first-order valence-electron chi connectivity index (χ1n) is 9.41. The molecule has 1 aliphatic carbocycles. The molecule has 0 aromatic heterocycles. The molecule has 4 rings (SSSR count). The van der Waals surface area contributed by atoms with Crippen LogP contribution in [0.2, 0.25) is 0 Å². The van der Waals surface area contributed by atoms with Gasteiger partial charge in [0.2, 0.25) is 15.9 Å². The van der Waals surface area contributed by atoms with E-state index in [0.29, 0.717) is 43.6 Å². The van der Waals surface area contributed by atoms with Gasteiger partial charge in [0.15, 0.2) is 0 Å². The molecule has 2 aliphatic heterocycles. The quantitative estimate of drug-likeness (QED) is 0.723. The molecule has 2 atom stereocenters. The smallest absolute Gasteiger partial charge is 0.245 e. The van der Waals surface area contributed by atoms with Crippen LogP contribution < -0.4 is 4.90 Å². The Morgan fingerprint density at radius 2 is 1.81 bits per heavy atom. The molecule has 1 aromatic carbocycles. The highest BCUT2D eigenvalue weighted by Crippen LogP contribution is 2.42. The van der Waals surface area contributed by atoms with Gasteiger partial charge in [-0.05, 0) is 55.2 Å². The van der Waals surface area contributed by atoms with Crippen molar-refractivity contribution < 1.29 is 13.2 Å². The standard InChI is InChI=1S/C19H25BrN2O3S/c1-12-7-13(2)11-21(10-12)26(24,25)17-9-16(20)8-15-5-6-22(18(15)17)19(23)14-3-4-14/h8-9,12-14H,3-7,10-11H2,1-2H3/t12-,13+. The SMILES string of the molecule is C[C@@H]1C[C@H](C)CN(S(=O)(=O)c2cc(Br)cc3c2N(C(=O)C2CC2)CC3)C1. The fraction of sp³-hybridized carbons (Fsp3) is 0.632. The number of halogens is 1. The molecule has 1 saturated carbocycles. The van der Waals surface area contributed by atoms with E-state index in [2.05, 4.69) is 29.8 Å². The van der Waals surface area contributed by atoms with Gasteiger partial charge >= 0.3 is 0 Å². The molecular weight excluding hydrogens is 416 g/mol. The molecule has 1 amide bonds. The van der Waals surface area contributed by atoms with E-state index in [-0.39, 0.29) is 16.7 Å². The Morgan fingerprint density at radius 1 is 1.15 bits per heavy atom. The van der Waals surface area contributed by atoms with E-state index >= 15 is 0 Å². The Balaban J connectivity index is 1.77. The van der Waals surface area contributed by atoms with Gasteiger partial charge in [-0.2, -0.15) is 4.31 Å². The Bertz CT molecular complexity index is 841. The predicted octanol–water partition coefficient (Wildman–Crippen LogP) is 3.41. The molecule has 3 aliphatic rings. The molecule has 2 heterocycles. The van der Waals surface area contributed by atoms with Gasteiger partial charge < -0.3 is 4.90 Å². The predicted molar refractivity (Wildman–Crippen MR) is 105 cm³/mol. The monoisotopic (exact) mass is 440 g/mol. The average molecular weight is 441 g/mol. The van der Waals surface area contributed by atoms with Gasteiger partial charge in [-0.25, -0.2) is 8.42 Å². The summed E-state index contributed by atoms with van der Waals surface area (Å²) >= 11 is 3.47. The van der Waals surface area contributed by atoms with Crippen LogP contribution in [0.25, 0.3) is 0 Å². The van der Waals surface area contributed by atoms with Crippen LogP contribution in [0.5, 0.6) is 0 Å². The average Bonchev–Trinajstić information content (AvgIpc) is 3.32. The second-order valence-corrected chi connectivity index (χ2v) is 11.0. The summed E-state index contributed by atoms with van der Waals surface area (Å²) in [7, 11) is -3.64. The third-order valence-corrected chi connectivity index (χ3v) is 7.94.